The highest BCUT2D eigenvalue weighted by molar-refractivity contribution is 6.31. The van der Waals surface area contributed by atoms with Crippen LogP contribution in [0.2, 0.25) is 5.02 Å². The van der Waals surface area contributed by atoms with Gasteiger partial charge in [-0.15, -0.1) is 0 Å². The van der Waals surface area contributed by atoms with Crippen molar-refractivity contribution in [2.45, 2.75) is 32.9 Å². The summed E-state index contributed by atoms with van der Waals surface area (Å²) in [6.07, 6.45) is 2.84. The first kappa shape index (κ1) is 22.3. The number of hydrogen-bond donors (Lipinski definition) is 0. The van der Waals surface area contributed by atoms with Gasteiger partial charge in [-0.3, -0.25) is 4.79 Å². The number of halogens is 2. The molecule has 0 saturated carbocycles. The van der Waals surface area contributed by atoms with E-state index in [4.69, 9.17) is 21.3 Å². The number of para-hydroxylation sites is 1. The van der Waals surface area contributed by atoms with Gasteiger partial charge in [0.2, 0.25) is 5.91 Å². The fraction of sp³-hybridized carbons (Fsp3) is 0.280. The summed E-state index contributed by atoms with van der Waals surface area (Å²) in [5.41, 5.74) is 3.70. The number of amides is 1. The fourth-order valence-corrected chi connectivity index (χ4v) is 4.66. The normalized spacial score (nSPS) is 13.8. The number of aromatic nitrogens is 4. The zero-order valence-corrected chi connectivity index (χ0v) is 19.6. The van der Waals surface area contributed by atoms with Gasteiger partial charge in [0.1, 0.15) is 30.0 Å². The highest BCUT2D eigenvalue weighted by Gasteiger charge is 2.23. The van der Waals surface area contributed by atoms with E-state index in [2.05, 4.69) is 10.1 Å². The number of rotatable bonds is 6. The maximum atomic E-state index is 14.2. The summed E-state index contributed by atoms with van der Waals surface area (Å²) in [7, 11) is 1.84. The second kappa shape index (κ2) is 9.02. The van der Waals surface area contributed by atoms with Gasteiger partial charge in [0.05, 0.1) is 5.02 Å². The van der Waals surface area contributed by atoms with Crippen molar-refractivity contribution in [3.8, 4) is 17.1 Å². The van der Waals surface area contributed by atoms with Gasteiger partial charge in [0, 0.05) is 48.8 Å². The molecule has 2 aromatic heterocycles. The first-order valence-corrected chi connectivity index (χ1v) is 11.4. The number of ether oxygens (including phenoxy) is 1. The molecule has 5 rings (SSSR count). The van der Waals surface area contributed by atoms with Gasteiger partial charge in [-0.1, -0.05) is 23.7 Å². The van der Waals surface area contributed by atoms with Gasteiger partial charge >= 0.3 is 0 Å². The van der Waals surface area contributed by atoms with Crippen molar-refractivity contribution >= 4 is 28.4 Å². The second-order valence-corrected chi connectivity index (χ2v) is 8.81. The quantitative estimate of drug-likeness (QED) is 0.396. The minimum Gasteiger partial charge on any atom is -0.487 e. The number of hydrogen-bond acceptors (Lipinski definition) is 5. The molecule has 0 aliphatic carbocycles. The van der Waals surface area contributed by atoms with Crippen molar-refractivity contribution in [3.63, 3.8) is 0 Å². The Kier molecular flexibility index (Phi) is 5.91. The van der Waals surface area contributed by atoms with E-state index >= 15 is 0 Å². The van der Waals surface area contributed by atoms with Gasteiger partial charge in [0.25, 0.3) is 0 Å². The van der Waals surface area contributed by atoms with E-state index in [0.717, 1.165) is 28.9 Å². The summed E-state index contributed by atoms with van der Waals surface area (Å²) in [5.74, 6) is 0.934. The highest BCUT2D eigenvalue weighted by atomic mass is 35.5. The lowest BCUT2D eigenvalue weighted by Gasteiger charge is -2.20. The first-order chi connectivity index (χ1) is 16.4. The third kappa shape index (κ3) is 4.21. The zero-order chi connectivity index (χ0) is 23.8. The molecule has 1 fully saturated rings. The lowest BCUT2D eigenvalue weighted by Crippen LogP contribution is -2.24. The Hall–Kier alpha value is -3.52. The number of carbonyl (C=O) groups excluding carboxylic acids is 1. The molecule has 4 aromatic rings. The van der Waals surface area contributed by atoms with Crippen LogP contribution in [0.5, 0.6) is 5.75 Å². The molecule has 0 radical (unpaired) electrons. The van der Waals surface area contributed by atoms with Crippen LogP contribution in [0.25, 0.3) is 22.3 Å². The van der Waals surface area contributed by atoms with Gasteiger partial charge < -0.3 is 9.64 Å². The Morgan fingerprint density at radius 2 is 2.09 bits per heavy atom. The van der Waals surface area contributed by atoms with E-state index in [1.54, 1.807) is 9.58 Å². The predicted molar refractivity (Wildman–Crippen MR) is 127 cm³/mol. The molecule has 1 aliphatic heterocycles. The van der Waals surface area contributed by atoms with Crippen molar-refractivity contribution < 1.29 is 13.9 Å². The number of pyridine rings is 1. The molecule has 34 heavy (non-hydrogen) atoms. The topological polar surface area (TPSA) is 73.1 Å². The Labute approximate surface area is 201 Å². The minimum absolute atomic E-state index is 0.0669. The number of nitrogens with zero attached hydrogens (tertiary/aromatic N) is 5. The second-order valence-electron chi connectivity index (χ2n) is 8.40. The van der Waals surface area contributed by atoms with Crippen molar-refractivity contribution in [3.05, 3.63) is 70.4 Å². The van der Waals surface area contributed by atoms with Crippen molar-refractivity contribution in [1.82, 2.24) is 24.6 Å². The molecule has 2 aromatic carbocycles. The van der Waals surface area contributed by atoms with Gasteiger partial charge in [-0.2, -0.15) is 5.10 Å². The third-order valence-corrected chi connectivity index (χ3v) is 6.38. The Morgan fingerprint density at radius 3 is 2.82 bits per heavy atom. The molecule has 9 heteroatoms. The monoisotopic (exact) mass is 479 g/mol. The van der Waals surface area contributed by atoms with E-state index in [1.165, 1.54) is 18.5 Å². The van der Waals surface area contributed by atoms with Gasteiger partial charge in [-0.25, -0.2) is 19.0 Å². The van der Waals surface area contributed by atoms with Crippen LogP contribution in [0.4, 0.5) is 4.39 Å². The largest absolute Gasteiger partial charge is 0.487 e. The third-order valence-electron chi connectivity index (χ3n) is 6.04. The fourth-order valence-electron chi connectivity index (χ4n) is 4.38. The highest BCUT2D eigenvalue weighted by Crippen LogP contribution is 2.33. The molecule has 0 bridgehead atoms. The number of benzene rings is 2. The number of carbonyl (C=O) groups is 1. The maximum absolute atomic E-state index is 14.2. The lowest BCUT2D eigenvalue weighted by molar-refractivity contribution is -0.128. The first-order valence-electron chi connectivity index (χ1n) is 11.0. The van der Waals surface area contributed by atoms with Gasteiger partial charge in [-0.05, 0) is 43.2 Å². The summed E-state index contributed by atoms with van der Waals surface area (Å²) in [4.78, 5) is 22.9. The standard InChI is InChI=1S/C25H23ClFN5O2/c1-15-9-19(25-28-14-29-31(25)2)18-5-3-6-22(24(18)30-15)34-13-20-16(10-17(27)11-21(20)26)12-32-8-4-7-23(32)33/h3,5-6,9-11,14H,4,7-8,12-13H2,1-2H3. The summed E-state index contributed by atoms with van der Waals surface area (Å²) >= 11 is 6.42. The molecule has 0 N–H and O–H groups in total. The van der Waals surface area contributed by atoms with Crippen LogP contribution in [0, 0.1) is 12.7 Å². The van der Waals surface area contributed by atoms with Crippen LogP contribution < -0.4 is 4.74 Å². The molecule has 1 saturated heterocycles. The molecule has 0 unspecified atom stereocenters. The van der Waals surface area contributed by atoms with Crippen LogP contribution in [0.3, 0.4) is 0 Å². The minimum atomic E-state index is -0.439. The van der Waals surface area contributed by atoms with E-state index in [0.29, 0.717) is 41.9 Å². The molecule has 0 atom stereocenters. The molecular weight excluding hydrogens is 457 g/mol. The van der Waals surface area contributed by atoms with Crippen molar-refractivity contribution in [1.29, 1.82) is 0 Å². The van der Waals surface area contributed by atoms with Crippen LogP contribution in [0.15, 0.2) is 42.7 Å². The molecular formula is C25H23ClFN5O2. The summed E-state index contributed by atoms with van der Waals surface area (Å²) < 4.78 is 22.1. The Bertz CT molecular complexity index is 1400. The van der Waals surface area contributed by atoms with E-state index < -0.39 is 5.82 Å². The van der Waals surface area contributed by atoms with Crippen LogP contribution >= 0.6 is 11.6 Å². The van der Waals surface area contributed by atoms with Crippen LogP contribution in [-0.2, 0) is 25.0 Å². The molecule has 1 aliphatic rings. The molecule has 7 nitrogen and oxygen atoms in total. The Morgan fingerprint density at radius 1 is 1.24 bits per heavy atom. The average molecular weight is 480 g/mol. The van der Waals surface area contributed by atoms with E-state index in [-0.39, 0.29) is 17.5 Å². The summed E-state index contributed by atoms with van der Waals surface area (Å²) in [5, 5.41) is 5.33. The SMILES string of the molecule is Cc1cc(-c2ncnn2C)c2cccc(OCc3c(Cl)cc(F)cc3CN3CCCC3=O)c2n1. The number of likely N-dealkylation sites (tertiary alicyclic amines) is 1. The van der Waals surface area contributed by atoms with Crippen molar-refractivity contribution in [2.75, 3.05) is 6.54 Å². The number of aryl methyl sites for hydroxylation is 2. The Balaban J connectivity index is 1.50. The van der Waals surface area contributed by atoms with Crippen LogP contribution in [-0.4, -0.2) is 37.1 Å². The molecule has 174 valence electrons. The zero-order valence-electron chi connectivity index (χ0n) is 18.9. The number of fused-ring (bicyclic) bond motifs is 1. The van der Waals surface area contributed by atoms with Crippen LogP contribution in [0.1, 0.15) is 29.7 Å². The lowest BCUT2D eigenvalue weighted by atomic mass is 10.1. The molecule has 0 spiro atoms. The predicted octanol–water partition coefficient (Wildman–Crippen LogP) is 4.83. The smallest absolute Gasteiger partial charge is 0.222 e. The average Bonchev–Trinajstić information content (AvgIpc) is 3.40. The maximum Gasteiger partial charge on any atom is 0.222 e. The molecule has 3 heterocycles. The summed E-state index contributed by atoms with van der Waals surface area (Å²) in [6, 6.07) is 10.4. The van der Waals surface area contributed by atoms with E-state index in [9.17, 15) is 9.18 Å². The van der Waals surface area contributed by atoms with Crippen molar-refractivity contribution in [2.24, 2.45) is 7.05 Å². The van der Waals surface area contributed by atoms with E-state index in [1.807, 2.05) is 38.2 Å². The molecule has 1 amide bonds. The summed E-state index contributed by atoms with van der Waals surface area (Å²) in [6.45, 7) is 2.99. The van der Waals surface area contributed by atoms with Gasteiger partial charge in [0.15, 0.2) is 5.82 Å².